The van der Waals surface area contributed by atoms with Crippen molar-refractivity contribution in [2.45, 2.75) is 23.7 Å². The Morgan fingerprint density at radius 1 is 1.00 bits per heavy atom. The Hall–Kier alpha value is -2.06. The van der Waals surface area contributed by atoms with Gasteiger partial charge in [0.25, 0.3) is 0 Å². The molecule has 0 unspecified atom stereocenters. The first-order valence-electron chi connectivity index (χ1n) is 7.58. The van der Waals surface area contributed by atoms with Crippen LogP contribution in [0.2, 0.25) is 5.02 Å². The standard InChI is InChI=1S/C14H14ClF6N3O4S/c15-10-2-1-8(5-9(10)14(19,20)21)29(27,28)24-4-3-11(25)22-6-12(26)23-7-13(16,17)18/h1-2,5,24H,3-4,6-7H2,(H,22,25)(H,23,26). The molecule has 2 amide bonds. The number of benzene rings is 1. The Morgan fingerprint density at radius 3 is 2.17 bits per heavy atom. The van der Waals surface area contributed by atoms with E-state index in [-0.39, 0.29) is 0 Å². The van der Waals surface area contributed by atoms with E-state index in [4.69, 9.17) is 11.6 Å². The summed E-state index contributed by atoms with van der Waals surface area (Å²) in [6, 6.07) is 1.92. The lowest BCUT2D eigenvalue weighted by Crippen LogP contribution is -2.41. The number of nitrogens with one attached hydrogen (secondary N) is 3. The molecule has 0 saturated heterocycles. The molecule has 7 nitrogen and oxygen atoms in total. The zero-order valence-corrected chi connectivity index (χ0v) is 15.8. The van der Waals surface area contributed by atoms with E-state index < -0.39 is 75.7 Å². The molecule has 0 bridgehead atoms. The molecule has 15 heteroatoms. The largest absolute Gasteiger partial charge is 0.417 e. The van der Waals surface area contributed by atoms with E-state index >= 15 is 0 Å². The number of alkyl halides is 6. The van der Waals surface area contributed by atoms with Crippen LogP contribution in [0.15, 0.2) is 23.1 Å². The van der Waals surface area contributed by atoms with Crippen molar-refractivity contribution in [3.8, 4) is 0 Å². The number of hydrogen-bond donors (Lipinski definition) is 3. The predicted octanol–water partition coefficient (Wildman–Crippen LogP) is 1.82. The summed E-state index contributed by atoms with van der Waals surface area (Å²) in [6.45, 7) is -2.89. The summed E-state index contributed by atoms with van der Waals surface area (Å²) in [6.07, 6.45) is -10.0. The van der Waals surface area contributed by atoms with Crippen LogP contribution in [-0.4, -0.2) is 46.0 Å². The van der Waals surface area contributed by atoms with E-state index in [0.717, 1.165) is 12.1 Å². The van der Waals surface area contributed by atoms with Crippen LogP contribution in [0.25, 0.3) is 0 Å². The molecule has 164 valence electrons. The van der Waals surface area contributed by atoms with Gasteiger partial charge in [-0.25, -0.2) is 13.1 Å². The molecule has 0 aromatic heterocycles. The minimum absolute atomic E-state index is 0.329. The summed E-state index contributed by atoms with van der Waals surface area (Å²) in [5.41, 5.74) is -1.36. The van der Waals surface area contributed by atoms with Gasteiger partial charge in [-0.1, -0.05) is 11.6 Å². The van der Waals surface area contributed by atoms with Gasteiger partial charge in [-0.3, -0.25) is 9.59 Å². The van der Waals surface area contributed by atoms with E-state index in [1.165, 1.54) is 5.32 Å². The van der Waals surface area contributed by atoms with Crippen molar-refractivity contribution in [2.24, 2.45) is 0 Å². The number of sulfonamides is 1. The summed E-state index contributed by atoms with van der Waals surface area (Å²) in [5.74, 6) is -1.99. The second-order valence-electron chi connectivity index (χ2n) is 5.46. The van der Waals surface area contributed by atoms with Gasteiger partial charge in [0, 0.05) is 13.0 Å². The summed E-state index contributed by atoms with van der Waals surface area (Å²) in [4.78, 5) is 21.9. The normalized spacial score (nSPS) is 12.5. The fourth-order valence-electron chi connectivity index (χ4n) is 1.80. The molecule has 0 radical (unpaired) electrons. The Balaban J connectivity index is 2.55. The quantitative estimate of drug-likeness (QED) is 0.505. The smallest absolute Gasteiger partial charge is 0.347 e. The Labute approximate surface area is 165 Å². The lowest BCUT2D eigenvalue weighted by Gasteiger charge is -2.12. The molecular formula is C14H14ClF6N3O4S. The molecule has 1 aromatic carbocycles. The lowest BCUT2D eigenvalue weighted by atomic mass is 10.2. The van der Waals surface area contributed by atoms with Crippen molar-refractivity contribution in [1.29, 1.82) is 0 Å². The SMILES string of the molecule is O=C(CCNS(=O)(=O)c1ccc(Cl)c(C(F)(F)F)c1)NCC(=O)NCC(F)(F)F. The van der Waals surface area contributed by atoms with Gasteiger partial charge in [0.2, 0.25) is 21.8 Å². The summed E-state index contributed by atoms with van der Waals surface area (Å²) in [7, 11) is -4.40. The van der Waals surface area contributed by atoms with E-state index in [9.17, 15) is 44.3 Å². The fraction of sp³-hybridized carbons (Fsp3) is 0.429. The molecule has 0 aliphatic rings. The summed E-state index contributed by atoms with van der Waals surface area (Å²) < 4.78 is 100. The molecular weight excluding hydrogens is 456 g/mol. The van der Waals surface area contributed by atoms with Gasteiger partial charge in [0.15, 0.2) is 0 Å². The molecule has 0 fully saturated rings. The molecule has 0 aliphatic carbocycles. The lowest BCUT2D eigenvalue weighted by molar-refractivity contribution is -0.138. The van der Waals surface area contributed by atoms with E-state index in [0.29, 0.717) is 6.07 Å². The third kappa shape index (κ3) is 8.87. The molecule has 0 aliphatic heterocycles. The van der Waals surface area contributed by atoms with Gasteiger partial charge in [-0.05, 0) is 18.2 Å². The number of halogens is 7. The highest BCUT2D eigenvalue weighted by Gasteiger charge is 2.34. The first-order chi connectivity index (χ1) is 13.1. The van der Waals surface area contributed by atoms with Gasteiger partial charge in [-0.15, -0.1) is 0 Å². The Kier molecular flexibility index (Phi) is 8.29. The summed E-state index contributed by atoms with van der Waals surface area (Å²) >= 11 is 5.40. The van der Waals surface area contributed by atoms with Crippen LogP contribution in [0, 0.1) is 0 Å². The Bertz CT molecular complexity index is 858. The van der Waals surface area contributed by atoms with Crippen molar-refractivity contribution in [3.05, 3.63) is 28.8 Å². The van der Waals surface area contributed by atoms with Crippen LogP contribution in [-0.2, 0) is 25.8 Å². The highest BCUT2D eigenvalue weighted by Crippen LogP contribution is 2.35. The third-order valence-electron chi connectivity index (χ3n) is 3.13. The van der Waals surface area contributed by atoms with Crippen molar-refractivity contribution in [2.75, 3.05) is 19.6 Å². The van der Waals surface area contributed by atoms with Gasteiger partial charge < -0.3 is 10.6 Å². The van der Waals surface area contributed by atoms with Crippen LogP contribution >= 0.6 is 11.6 Å². The zero-order chi connectivity index (χ0) is 22.5. The van der Waals surface area contributed by atoms with Crippen LogP contribution < -0.4 is 15.4 Å². The van der Waals surface area contributed by atoms with Crippen LogP contribution in [0.4, 0.5) is 26.3 Å². The van der Waals surface area contributed by atoms with Crippen LogP contribution in [0.5, 0.6) is 0 Å². The molecule has 0 heterocycles. The molecule has 3 N–H and O–H groups in total. The first kappa shape index (κ1) is 25.0. The second kappa shape index (κ2) is 9.63. The molecule has 1 rings (SSSR count). The number of hydrogen-bond acceptors (Lipinski definition) is 4. The van der Waals surface area contributed by atoms with E-state index in [2.05, 4.69) is 0 Å². The highest BCUT2D eigenvalue weighted by molar-refractivity contribution is 7.89. The average Bonchev–Trinajstić information content (AvgIpc) is 2.56. The molecule has 0 atom stereocenters. The van der Waals surface area contributed by atoms with E-state index in [1.54, 1.807) is 0 Å². The first-order valence-corrected chi connectivity index (χ1v) is 9.44. The fourth-order valence-corrected chi connectivity index (χ4v) is 3.08. The zero-order valence-electron chi connectivity index (χ0n) is 14.2. The average molecular weight is 470 g/mol. The highest BCUT2D eigenvalue weighted by atomic mass is 35.5. The van der Waals surface area contributed by atoms with Gasteiger partial charge in [0.05, 0.1) is 22.0 Å². The molecule has 0 spiro atoms. The van der Waals surface area contributed by atoms with Crippen LogP contribution in [0.3, 0.4) is 0 Å². The van der Waals surface area contributed by atoms with Crippen LogP contribution in [0.1, 0.15) is 12.0 Å². The number of rotatable bonds is 8. The minimum Gasteiger partial charge on any atom is -0.347 e. The summed E-state index contributed by atoms with van der Waals surface area (Å²) in [5, 5.41) is 2.78. The van der Waals surface area contributed by atoms with E-state index in [1.807, 2.05) is 10.0 Å². The van der Waals surface area contributed by atoms with Crippen molar-refractivity contribution < 1.29 is 44.3 Å². The number of amides is 2. The van der Waals surface area contributed by atoms with Gasteiger partial charge in [-0.2, -0.15) is 26.3 Å². The maximum atomic E-state index is 12.8. The maximum absolute atomic E-state index is 12.8. The second-order valence-corrected chi connectivity index (χ2v) is 7.63. The number of carbonyl (C=O) groups excluding carboxylic acids is 2. The molecule has 1 aromatic rings. The topological polar surface area (TPSA) is 104 Å². The third-order valence-corrected chi connectivity index (χ3v) is 4.92. The maximum Gasteiger partial charge on any atom is 0.417 e. The molecule has 0 saturated carbocycles. The Morgan fingerprint density at radius 2 is 1.62 bits per heavy atom. The number of carbonyl (C=O) groups is 2. The van der Waals surface area contributed by atoms with Crippen molar-refractivity contribution in [3.63, 3.8) is 0 Å². The van der Waals surface area contributed by atoms with Crippen molar-refractivity contribution in [1.82, 2.24) is 15.4 Å². The predicted molar refractivity (Wildman–Crippen MR) is 88.3 cm³/mol. The van der Waals surface area contributed by atoms with Gasteiger partial charge >= 0.3 is 12.4 Å². The minimum atomic E-state index is -4.88. The van der Waals surface area contributed by atoms with Crippen molar-refractivity contribution >= 4 is 33.4 Å². The molecule has 29 heavy (non-hydrogen) atoms. The monoisotopic (exact) mass is 469 g/mol. The van der Waals surface area contributed by atoms with Gasteiger partial charge in [0.1, 0.15) is 6.54 Å².